The van der Waals surface area contributed by atoms with Crippen molar-refractivity contribution in [3.8, 4) is 0 Å². The van der Waals surface area contributed by atoms with Gasteiger partial charge in [-0.1, -0.05) is 19.4 Å². The molecule has 1 aromatic heterocycles. The molecule has 1 atom stereocenters. The van der Waals surface area contributed by atoms with Gasteiger partial charge in [-0.15, -0.1) is 0 Å². The Morgan fingerprint density at radius 3 is 2.83 bits per heavy atom. The fourth-order valence-electron chi connectivity index (χ4n) is 2.92. The Balaban J connectivity index is 1.95. The van der Waals surface area contributed by atoms with Gasteiger partial charge in [-0.3, -0.25) is 10.2 Å². The zero-order chi connectivity index (χ0) is 16.9. The fourth-order valence-corrected chi connectivity index (χ4v) is 2.92. The highest BCUT2D eigenvalue weighted by Gasteiger charge is 2.25. The van der Waals surface area contributed by atoms with E-state index in [0.29, 0.717) is 11.9 Å². The molecule has 0 bridgehead atoms. The number of nitrogens with zero attached hydrogens (tertiary/aromatic N) is 2. The van der Waals surface area contributed by atoms with Gasteiger partial charge in [0.15, 0.2) is 0 Å². The summed E-state index contributed by atoms with van der Waals surface area (Å²) in [5.41, 5.74) is 0.724. The second-order valence-electron chi connectivity index (χ2n) is 7.15. The largest absolute Gasteiger partial charge is 0.444 e. The van der Waals surface area contributed by atoms with E-state index in [1.165, 1.54) is 37.8 Å². The number of nitrogens with one attached hydrogen (secondary N) is 1. The van der Waals surface area contributed by atoms with Crippen LogP contribution >= 0.6 is 0 Å². The van der Waals surface area contributed by atoms with E-state index in [2.05, 4.69) is 28.2 Å². The third kappa shape index (κ3) is 5.50. The Labute approximate surface area is 139 Å². The van der Waals surface area contributed by atoms with Crippen LogP contribution in [0.3, 0.4) is 0 Å². The Morgan fingerprint density at radius 1 is 1.43 bits per heavy atom. The van der Waals surface area contributed by atoms with Gasteiger partial charge in [-0.05, 0) is 64.8 Å². The van der Waals surface area contributed by atoms with Crippen LogP contribution in [0.5, 0.6) is 0 Å². The summed E-state index contributed by atoms with van der Waals surface area (Å²) in [5, 5.41) is 2.68. The number of anilines is 1. The van der Waals surface area contributed by atoms with Crippen molar-refractivity contribution in [3.05, 3.63) is 23.9 Å². The molecule has 1 amide bonds. The van der Waals surface area contributed by atoms with Crippen LogP contribution in [-0.2, 0) is 4.74 Å². The average molecular weight is 319 g/mol. The van der Waals surface area contributed by atoms with Crippen molar-refractivity contribution in [3.63, 3.8) is 0 Å². The molecule has 0 aliphatic carbocycles. The highest BCUT2D eigenvalue weighted by atomic mass is 16.6. The highest BCUT2D eigenvalue weighted by molar-refractivity contribution is 5.83. The standard InChI is InChI=1S/C18H29N3O2/c1-5-6-11-21-12-7-8-15(21)14-9-10-16(19-13-14)20-17(22)23-18(2,3)4/h9-10,13,15H,5-8,11-12H2,1-4H3,(H,19,20,22)/t15-/m1/s1. The van der Waals surface area contributed by atoms with E-state index < -0.39 is 11.7 Å². The fraction of sp³-hybridized carbons (Fsp3) is 0.667. The number of hydrogen-bond acceptors (Lipinski definition) is 4. The summed E-state index contributed by atoms with van der Waals surface area (Å²) in [6, 6.07) is 4.38. The molecular weight excluding hydrogens is 290 g/mol. The molecule has 2 heterocycles. The number of rotatable bonds is 5. The third-order valence-electron chi connectivity index (χ3n) is 3.96. The Bertz CT molecular complexity index is 508. The first kappa shape index (κ1) is 17.7. The maximum Gasteiger partial charge on any atom is 0.413 e. The first-order valence-electron chi connectivity index (χ1n) is 8.59. The summed E-state index contributed by atoms with van der Waals surface area (Å²) >= 11 is 0. The normalized spacial score (nSPS) is 18.9. The van der Waals surface area contributed by atoms with Crippen molar-refractivity contribution >= 4 is 11.9 Å². The van der Waals surface area contributed by atoms with Gasteiger partial charge in [-0.25, -0.2) is 9.78 Å². The quantitative estimate of drug-likeness (QED) is 0.876. The molecule has 1 aliphatic heterocycles. The second-order valence-corrected chi connectivity index (χ2v) is 7.15. The van der Waals surface area contributed by atoms with E-state index in [-0.39, 0.29) is 0 Å². The average Bonchev–Trinajstić information content (AvgIpc) is 2.92. The highest BCUT2D eigenvalue weighted by Crippen LogP contribution is 2.31. The van der Waals surface area contributed by atoms with Gasteiger partial charge in [0.25, 0.3) is 0 Å². The zero-order valence-corrected chi connectivity index (χ0v) is 14.8. The van der Waals surface area contributed by atoms with Crippen LogP contribution in [0, 0.1) is 0 Å². The van der Waals surface area contributed by atoms with Gasteiger partial charge in [0, 0.05) is 12.2 Å². The molecule has 5 nitrogen and oxygen atoms in total. The summed E-state index contributed by atoms with van der Waals surface area (Å²) in [6.07, 6.45) is 6.30. The lowest BCUT2D eigenvalue weighted by atomic mass is 10.1. The molecule has 1 saturated heterocycles. The number of unbranched alkanes of at least 4 members (excludes halogenated alkanes) is 1. The molecule has 1 aliphatic rings. The van der Waals surface area contributed by atoms with E-state index in [0.717, 1.165) is 6.54 Å². The summed E-state index contributed by atoms with van der Waals surface area (Å²) in [5.74, 6) is 0.529. The van der Waals surface area contributed by atoms with Gasteiger partial charge in [0.05, 0.1) is 0 Å². The van der Waals surface area contributed by atoms with Crippen molar-refractivity contribution in [2.24, 2.45) is 0 Å². The van der Waals surface area contributed by atoms with Crippen molar-refractivity contribution in [1.29, 1.82) is 0 Å². The number of hydrogen-bond donors (Lipinski definition) is 1. The molecule has 23 heavy (non-hydrogen) atoms. The van der Waals surface area contributed by atoms with Crippen molar-refractivity contribution in [1.82, 2.24) is 9.88 Å². The minimum absolute atomic E-state index is 0.463. The first-order chi connectivity index (χ1) is 10.9. The monoisotopic (exact) mass is 319 g/mol. The summed E-state index contributed by atoms with van der Waals surface area (Å²) in [7, 11) is 0. The SMILES string of the molecule is CCCCN1CCC[C@@H]1c1ccc(NC(=O)OC(C)(C)C)nc1. The molecule has 0 spiro atoms. The molecule has 128 valence electrons. The Kier molecular flexibility index (Phi) is 5.99. The third-order valence-corrected chi connectivity index (χ3v) is 3.96. The van der Waals surface area contributed by atoms with E-state index in [1.54, 1.807) is 0 Å². The zero-order valence-electron chi connectivity index (χ0n) is 14.8. The molecule has 1 fully saturated rings. The van der Waals surface area contributed by atoms with Crippen LogP contribution in [0.1, 0.15) is 65.0 Å². The van der Waals surface area contributed by atoms with Gasteiger partial charge in [0.1, 0.15) is 11.4 Å². The molecule has 1 N–H and O–H groups in total. The van der Waals surface area contributed by atoms with Crippen LogP contribution in [-0.4, -0.2) is 34.7 Å². The van der Waals surface area contributed by atoms with Crippen LogP contribution in [0.25, 0.3) is 0 Å². The number of amides is 1. The number of ether oxygens (including phenoxy) is 1. The van der Waals surface area contributed by atoms with Gasteiger partial charge in [-0.2, -0.15) is 0 Å². The Hall–Kier alpha value is -1.62. The first-order valence-corrected chi connectivity index (χ1v) is 8.59. The predicted octanol–water partition coefficient (Wildman–Crippen LogP) is 4.37. The molecule has 0 aromatic carbocycles. The number of carbonyl (C=O) groups excluding carboxylic acids is 1. The van der Waals surface area contributed by atoms with Crippen molar-refractivity contribution < 1.29 is 9.53 Å². The molecule has 1 aromatic rings. The van der Waals surface area contributed by atoms with E-state index in [1.807, 2.05) is 33.0 Å². The lowest BCUT2D eigenvalue weighted by Crippen LogP contribution is -2.27. The molecule has 0 radical (unpaired) electrons. The smallest absolute Gasteiger partial charge is 0.413 e. The molecule has 0 saturated carbocycles. The van der Waals surface area contributed by atoms with E-state index in [9.17, 15) is 4.79 Å². The number of pyridine rings is 1. The number of aromatic nitrogens is 1. The van der Waals surface area contributed by atoms with Crippen LogP contribution in [0.2, 0.25) is 0 Å². The van der Waals surface area contributed by atoms with Crippen molar-refractivity contribution in [2.75, 3.05) is 18.4 Å². The van der Waals surface area contributed by atoms with Gasteiger partial charge >= 0.3 is 6.09 Å². The minimum Gasteiger partial charge on any atom is -0.444 e. The minimum atomic E-state index is -0.506. The van der Waals surface area contributed by atoms with Gasteiger partial charge in [0.2, 0.25) is 0 Å². The molecule has 2 rings (SSSR count). The topological polar surface area (TPSA) is 54.5 Å². The van der Waals surface area contributed by atoms with Crippen LogP contribution in [0.15, 0.2) is 18.3 Å². The lowest BCUT2D eigenvalue weighted by molar-refractivity contribution is 0.0635. The predicted molar refractivity (Wildman–Crippen MR) is 92.5 cm³/mol. The summed E-state index contributed by atoms with van der Waals surface area (Å²) in [6.45, 7) is 10.1. The lowest BCUT2D eigenvalue weighted by Gasteiger charge is -2.24. The summed E-state index contributed by atoms with van der Waals surface area (Å²) < 4.78 is 5.23. The molecule has 5 heteroatoms. The second kappa shape index (κ2) is 7.77. The maximum atomic E-state index is 11.8. The van der Waals surface area contributed by atoms with Crippen molar-refractivity contribution in [2.45, 2.75) is 65.0 Å². The molecular formula is C18H29N3O2. The number of likely N-dealkylation sites (tertiary alicyclic amines) is 1. The van der Waals surface area contributed by atoms with Crippen LogP contribution in [0.4, 0.5) is 10.6 Å². The molecule has 0 unspecified atom stereocenters. The Morgan fingerprint density at radius 2 is 2.22 bits per heavy atom. The van der Waals surface area contributed by atoms with E-state index >= 15 is 0 Å². The van der Waals surface area contributed by atoms with Gasteiger partial charge < -0.3 is 4.74 Å². The number of carbonyl (C=O) groups is 1. The van der Waals surface area contributed by atoms with E-state index in [4.69, 9.17) is 4.74 Å². The maximum absolute atomic E-state index is 11.8. The van der Waals surface area contributed by atoms with Crippen LogP contribution < -0.4 is 5.32 Å². The summed E-state index contributed by atoms with van der Waals surface area (Å²) in [4.78, 5) is 18.7.